The van der Waals surface area contributed by atoms with Crippen molar-refractivity contribution >= 4 is 11.7 Å². The lowest BCUT2D eigenvalue weighted by Crippen LogP contribution is -2.61. The predicted molar refractivity (Wildman–Crippen MR) is 138 cm³/mol. The van der Waals surface area contributed by atoms with Crippen LogP contribution >= 0.6 is 0 Å². The summed E-state index contributed by atoms with van der Waals surface area (Å²) in [4.78, 5) is 21.7. The molecule has 0 aliphatic carbocycles. The maximum absolute atomic E-state index is 13.1. The molecule has 2 aliphatic heterocycles. The Balaban J connectivity index is 1.24. The summed E-state index contributed by atoms with van der Waals surface area (Å²) < 4.78 is 5.21. The molecule has 0 radical (unpaired) electrons. The van der Waals surface area contributed by atoms with E-state index in [2.05, 4.69) is 51.3 Å². The Kier molecular flexibility index (Phi) is 6.97. The third-order valence-corrected chi connectivity index (χ3v) is 6.88. The van der Waals surface area contributed by atoms with E-state index in [4.69, 9.17) is 4.74 Å². The van der Waals surface area contributed by atoms with Gasteiger partial charge in [-0.1, -0.05) is 24.0 Å². The Morgan fingerprint density at radius 3 is 2.49 bits per heavy atom. The van der Waals surface area contributed by atoms with Gasteiger partial charge in [-0.15, -0.1) is 0 Å². The van der Waals surface area contributed by atoms with Gasteiger partial charge in [-0.25, -0.2) is 4.79 Å². The van der Waals surface area contributed by atoms with Gasteiger partial charge in [-0.3, -0.25) is 9.88 Å². The number of nitrogens with one attached hydrogen (secondary N) is 1. The summed E-state index contributed by atoms with van der Waals surface area (Å²) in [5.74, 6) is 7.58. The second-order valence-electron chi connectivity index (χ2n) is 9.09. The van der Waals surface area contributed by atoms with Crippen molar-refractivity contribution < 1.29 is 9.53 Å². The molecule has 2 saturated heterocycles. The van der Waals surface area contributed by atoms with E-state index in [0.29, 0.717) is 12.0 Å². The first kappa shape index (κ1) is 22.9. The number of aromatic nitrogens is 1. The Bertz CT molecular complexity index is 1200. The number of pyridine rings is 1. The zero-order valence-corrected chi connectivity index (χ0v) is 20.0. The normalized spacial score (nSPS) is 19.7. The van der Waals surface area contributed by atoms with E-state index in [0.717, 1.165) is 61.6 Å². The number of carbonyl (C=O) groups excluding carboxylic acids is 1. The smallest absolute Gasteiger partial charge is 0.321 e. The predicted octanol–water partition coefficient (Wildman–Crippen LogP) is 4.59. The highest BCUT2D eigenvalue weighted by atomic mass is 16.5. The zero-order chi connectivity index (χ0) is 24.0. The molecule has 6 heteroatoms. The van der Waals surface area contributed by atoms with Crippen molar-refractivity contribution in [2.45, 2.75) is 24.8 Å². The van der Waals surface area contributed by atoms with E-state index in [-0.39, 0.29) is 6.03 Å². The van der Waals surface area contributed by atoms with E-state index in [9.17, 15) is 4.79 Å². The summed E-state index contributed by atoms with van der Waals surface area (Å²) in [5, 5.41) is 3.05. The lowest BCUT2D eigenvalue weighted by atomic mass is 9.81. The van der Waals surface area contributed by atoms with E-state index in [1.165, 1.54) is 5.56 Å². The molecule has 2 amide bonds. The highest BCUT2D eigenvalue weighted by Crippen LogP contribution is 2.36. The van der Waals surface area contributed by atoms with Gasteiger partial charge >= 0.3 is 6.03 Å². The lowest BCUT2D eigenvalue weighted by molar-refractivity contribution is 0.0272. The number of hydrogen-bond acceptors (Lipinski definition) is 4. The van der Waals surface area contributed by atoms with Crippen molar-refractivity contribution in [3.8, 4) is 17.6 Å². The molecular weight excluding hydrogens is 436 g/mol. The van der Waals surface area contributed by atoms with Crippen LogP contribution in [0.3, 0.4) is 0 Å². The highest BCUT2D eigenvalue weighted by Gasteiger charge is 2.41. The molecule has 2 aromatic carbocycles. The van der Waals surface area contributed by atoms with Crippen molar-refractivity contribution in [3.05, 3.63) is 89.7 Å². The lowest BCUT2D eigenvalue weighted by Gasteiger charge is -2.51. The summed E-state index contributed by atoms with van der Waals surface area (Å²) in [6.45, 7) is 3.65. The van der Waals surface area contributed by atoms with Crippen LogP contribution in [0.2, 0.25) is 0 Å². The Labute approximate surface area is 206 Å². The number of anilines is 1. The number of methoxy groups -OCH3 is 1. The number of carbonyl (C=O) groups is 1. The molecule has 2 fully saturated rings. The molecule has 0 spiro atoms. The first-order valence-corrected chi connectivity index (χ1v) is 12.2. The largest absolute Gasteiger partial charge is 0.497 e. The van der Waals surface area contributed by atoms with Gasteiger partial charge in [0, 0.05) is 60.8 Å². The minimum Gasteiger partial charge on any atom is -0.497 e. The highest BCUT2D eigenvalue weighted by molar-refractivity contribution is 5.89. The summed E-state index contributed by atoms with van der Waals surface area (Å²) in [6, 6.07) is 20.2. The molecular formula is C29H30N4O2. The van der Waals surface area contributed by atoms with Gasteiger partial charge in [-0.2, -0.15) is 0 Å². The maximum Gasteiger partial charge on any atom is 0.321 e. The molecule has 2 aliphatic rings. The van der Waals surface area contributed by atoms with Gasteiger partial charge in [-0.05, 0) is 73.5 Å². The van der Waals surface area contributed by atoms with Crippen LogP contribution in [0.4, 0.5) is 10.5 Å². The number of nitrogens with zero attached hydrogens (tertiary/aromatic N) is 3. The summed E-state index contributed by atoms with van der Waals surface area (Å²) in [7, 11) is 1.64. The molecule has 1 N–H and O–H groups in total. The fourth-order valence-electron chi connectivity index (χ4n) is 4.84. The Morgan fingerprint density at radius 2 is 1.74 bits per heavy atom. The van der Waals surface area contributed by atoms with E-state index in [1.807, 2.05) is 41.3 Å². The standard InChI is InChI=1S/C29H30N4O2/c1-35-26-14-12-25(13-15-26)31-29(34)33-18-3-2-17-32-20-27(28(32)21-33)24-10-8-22(9-11-24)6-7-23-5-4-16-30-19-23/h4-5,8-16,19,27-28H,2-3,17-18,20-21H2,1H3,(H,31,34). The fraction of sp³-hybridized carbons (Fsp3) is 0.310. The van der Waals surface area contributed by atoms with Crippen molar-refractivity contribution in [1.29, 1.82) is 0 Å². The fourth-order valence-corrected chi connectivity index (χ4v) is 4.84. The second kappa shape index (κ2) is 10.6. The summed E-state index contributed by atoms with van der Waals surface area (Å²) in [5.41, 5.74) is 4.00. The average Bonchev–Trinajstić information content (AvgIpc) is 2.88. The number of urea groups is 1. The number of fused-ring (bicyclic) bond motifs is 1. The number of ether oxygens (including phenoxy) is 1. The van der Waals surface area contributed by atoms with Crippen LogP contribution in [0.5, 0.6) is 5.75 Å². The van der Waals surface area contributed by atoms with Gasteiger partial charge in [0.25, 0.3) is 0 Å². The van der Waals surface area contributed by atoms with Crippen molar-refractivity contribution in [2.24, 2.45) is 0 Å². The molecule has 1 aromatic heterocycles. The quantitative estimate of drug-likeness (QED) is 0.574. The number of benzene rings is 2. The second-order valence-corrected chi connectivity index (χ2v) is 9.09. The van der Waals surface area contributed by atoms with Crippen molar-refractivity contribution in [3.63, 3.8) is 0 Å². The monoisotopic (exact) mass is 466 g/mol. The van der Waals surface area contributed by atoms with Crippen LogP contribution in [0.15, 0.2) is 73.1 Å². The van der Waals surface area contributed by atoms with Crippen molar-refractivity contribution in [1.82, 2.24) is 14.8 Å². The Morgan fingerprint density at radius 1 is 0.971 bits per heavy atom. The van der Waals surface area contributed by atoms with E-state index < -0.39 is 0 Å². The van der Waals surface area contributed by atoms with Gasteiger partial charge in [0.05, 0.1) is 7.11 Å². The molecule has 2 atom stereocenters. The third-order valence-electron chi connectivity index (χ3n) is 6.88. The molecule has 35 heavy (non-hydrogen) atoms. The molecule has 3 heterocycles. The molecule has 5 rings (SSSR count). The van der Waals surface area contributed by atoms with E-state index in [1.54, 1.807) is 19.5 Å². The maximum atomic E-state index is 13.1. The first-order chi connectivity index (χ1) is 17.2. The summed E-state index contributed by atoms with van der Waals surface area (Å²) >= 11 is 0. The zero-order valence-electron chi connectivity index (χ0n) is 20.0. The number of rotatable bonds is 3. The van der Waals surface area contributed by atoms with Crippen molar-refractivity contribution in [2.75, 3.05) is 38.6 Å². The number of amides is 2. The molecule has 0 saturated carbocycles. The molecule has 2 unspecified atom stereocenters. The molecule has 3 aromatic rings. The molecule has 6 nitrogen and oxygen atoms in total. The van der Waals surface area contributed by atoms with Crippen LogP contribution in [-0.4, -0.2) is 60.1 Å². The molecule has 178 valence electrons. The molecule has 0 bridgehead atoms. The topological polar surface area (TPSA) is 57.7 Å². The SMILES string of the molecule is COc1ccc(NC(=O)N2CCCCN3CC(c4ccc(C#Cc5cccnc5)cc4)C3C2)cc1. The van der Waals surface area contributed by atoms with E-state index >= 15 is 0 Å². The Hall–Kier alpha value is -3.82. The average molecular weight is 467 g/mol. The first-order valence-electron chi connectivity index (χ1n) is 12.2. The van der Waals surface area contributed by atoms with Crippen LogP contribution in [0.25, 0.3) is 0 Å². The minimum absolute atomic E-state index is 0.0382. The van der Waals surface area contributed by atoms with Gasteiger partial charge < -0.3 is 15.0 Å². The van der Waals surface area contributed by atoms with Gasteiger partial charge in [0.15, 0.2) is 0 Å². The third kappa shape index (κ3) is 5.47. The van der Waals surface area contributed by atoms with Gasteiger partial charge in [0.2, 0.25) is 0 Å². The van der Waals surface area contributed by atoms with Gasteiger partial charge in [0.1, 0.15) is 5.75 Å². The minimum atomic E-state index is -0.0382. The number of hydrogen-bond donors (Lipinski definition) is 1. The van der Waals surface area contributed by atoms with Crippen LogP contribution in [0.1, 0.15) is 35.4 Å². The van der Waals surface area contributed by atoms with Crippen LogP contribution in [-0.2, 0) is 0 Å². The van der Waals surface area contributed by atoms with Crippen LogP contribution < -0.4 is 10.1 Å². The summed E-state index contributed by atoms with van der Waals surface area (Å²) in [6.07, 6.45) is 5.66. The van der Waals surface area contributed by atoms with Crippen LogP contribution in [0, 0.1) is 11.8 Å².